The molecule has 3 heterocycles. The number of aliphatic hydroxyl groups is 1. The van der Waals surface area contributed by atoms with E-state index in [0.717, 1.165) is 22.4 Å². The minimum atomic E-state index is -0.812. The van der Waals surface area contributed by atoms with Gasteiger partial charge in [0.1, 0.15) is 11.4 Å². The summed E-state index contributed by atoms with van der Waals surface area (Å²) in [5, 5.41) is 11.8. The summed E-state index contributed by atoms with van der Waals surface area (Å²) in [4.78, 5) is 18.7. The van der Waals surface area contributed by atoms with Crippen molar-refractivity contribution in [3.05, 3.63) is 53.8 Å². The van der Waals surface area contributed by atoms with Crippen LogP contribution in [-0.4, -0.2) is 44.2 Å². The van der Waals surface area contributed by atoms with Gasteiger partial charge in [-0.2, -0.15) is 0 Å². The third-order valence-corrected chi connectivity index (χ3v) is 5.25. The highest BCUT2D eigenvalue weighted by Crippen LogP contribution is 2.27. The fourth-order valence-corrected chi connectivity index (χ4v) is 3.60. The number of hydrogen-bond donors (Lipinski definition) is 1. The van der Waals surface area contributed by atoms with Crippen LogP contribution in [0.25, 0.3) is 11.0 Å². The van der Waals surface area contributed by atoms with E-state index in [1.165, 1.54) is 0 Å². The molecule has 0 aliphatic carbocycles. The van der Waals surface area contributed by atoms with Gasteiger partial charge in [0.25, 0.3) is 5.91 Å². The number of benzene rings is 1. The number of imidazole rings is 1. The summed E-state index contributed by atoms with van der Waals surface area (Å²) in [6, 6.07) is 7.68. The Kier molecular flexibility index (Phi) is 4.07. The molecule has 1 aliphatic heterocycles. The summed E-state index contributed by atoms with van der Waals surface area (Å²) in [6.45, 7) is 5.47. The van der Waals surface area contributed by atoms with Crippen molar-refractivity contribution in [2.24, 2.45) is 0 Å². The monoisotopic (exact) mass is 353 g/mol. The van der Waals surface area contributed by atoms with E-state index in [1.807, 2.05) is 42.8 Å². The third-order valence-electron chi connectivity index (χ3n) is 5.25. The number of carbonyl (C=O) groups is 1. The second-order valence-electron chi connectivity index (χ2n) is 7.27. The van der Waals surface area contributed by atoms with Gasteiger partial charge in [0.15, 0.2) is 5.76 Å². The molecule has 3 aromatic rings. The number of aromatic nitrogens is 2. The second-order valence-corrected chi connectivity index (χ2v) is 7.27. The maximum Gasteiger partial charge on any atom is 0.289 e. The van der Waals surface area contributed by atoms with Gasteiger partial charge in [-0.25, -0.2) is 4.98 Å². The lowest BCUT2D eigenvalue weighted by atomic mass is 9.91. The first-order chi connectivity index (χ1) is 12.4. The standard InChI is InChI=1S/C20H23N3O3/c1-14-3-4-17-16(11-14)12-18(26-17)19(24)22-8-5-20(25,6-9-22)13-23-10-7-21-15(23)2/h3-4,7,10-12,25H,5-6,8-9,13H2,1-2H3. The summed E-state index contributed by atoms with van der Waals surface area (Å²) >= 11 is 0. The van der Waals surface area contributed by atoms with Gasteiger partial charge in [0.2, 0.25) is 0 Å². The van der Waals surface area contributed by atoms with Gasteiger partial charge in [0.05, 0.1) is 12.1 Å². The molecule has 0 bridgehead atoms. The number of piperidine rings is 1. The van der Waals surface area contributed by atoms with E-state index >= 15 is 0 Å². The zero-order valence-electron chi connectivity index (χ0n) is 15.1. The number of hydrogen-bond acceptors (Lipinski definition) is 4. The summed E-state index contributed by atoms with van der Waals surface area (Å²) in [7, 11) is 0. The minimum Gasteiger partial charge on any atom is -0.451 e. The molecule has 0 spiro atoms. The van der Waals surface area contributed by atoms with Crippen LogP contribution in [0.4, 0.5) is 0 Å². The van der Waals surface area contributed by atoms with E-state index in [2.05, 4.69) is 4.98 Å². The average molecular weight is 353 g/mol. The van der Waals surface area contributed by atoms with Gasteiger partial charge in [0, 0.05) is 30.9 Å². The molecule has 2 aromatic heterocycles. The van der Waals surface area contributed by atoms with Crippen molar-refractivity contribution in [1.29, 1.82) is 0 Å². The Bertz CT molecular complexity index is 948. The van der Waals surface area contributed by atoms with Gasteiger partial charge in [-0.1, -0.05) is 11.6 Å². The van der Waals surface area contributed by atoms with E-state index in [1.54, 1.807) is 17.2 Å². The van der Waals surface area contributed by atoms with E-state index in [0.29, 0.717) is 38.2 Å². The predicted octanol–water partition coefficient (Wildman–Crippen LogP) is 2.91. The number of likely N-dealkylation sites (tertiary alicyclic amines) is 1. The molecular weight excluding hydrogens is 330 g/mol. The molecular formula is C20H23N3O3. The molecule has 1 N–H and O–H groups in total. The zero-order valence-corrected chi connectivity index (χ0v) is 15.1. The number of fused-ring (bicyclic) bond motifs is 1. The lowest BCUT2D eigenvalue weighted by molar-refractivity contribution is -0.0300. The molecule has 4 rings (SSSR count). The Morgan fingerprint density at radius 3 is 2.73 bits per heavy atom. The molecule has 1 fully saturated rings. The van der Waals surface area contributed by atoms with Crippen LogP contribution in [0.1, 0.15) is 34.8 Å². The van der Waals surface area contributed by atoms with Crippen LogP contribution in [0.2, 0.25) is 0 Å². The van der Waals surface area contributed by atoms with Crippen molar-refractivity contribution >= 4 is 16.9 Å². The Morgan fingerprint density at radius 2 is 2.04 bits per heavy atom. The quantitative estimate of drug-likeness (QED) is 0.786. The van der Waals surface area contributed by atoms with Gasteiger partial charge < -0.3 is 19.0 Å². The Labute approximate surface area is 152 Å². The van der Waals surface area contributed by atoms with Crippen molar-refractivity contribution in [2.45, 2.75) is 38.8 Å². The molecule has 0 atom stereocenters. The Hall–Kier alpha value is -2.60. The Morgan fingerprint density at radius 1 is 1.27 bits per heavy atom. The van der Waals surface area contributed by atoms with Gasteiger partial charge in [-0.3, -0.25) is 4.79 Å². The summed E-state index contributed by atoms with van der Waals surface area (Å²) in [6.07, 6.45) is 4.69. The van der Waals surface area contributed by atoms with Crippen LogP contribution < -0.4 is 0 Å². The van der Waals surface area contributed by atoms with Crippen molar-refractivity contribution in [2.75, 3.05) is 13.1 Å². The first-order valence-electron chi connectivity index (χ1n) is 8.93. The summed E-state index contributed by atoms with van der Waals surface area (Å²) in [5.74, 6) is 1.13. The molecule has 6 nitrogen and oxygen atoms in total. The van der Waals surface area contributed by atoms with Crippen LogP contribution in [0.3, 0.4) is 0 Å². The van der Waals surface area contributed by atoms with Gasteiger partial charge >= 0.3 is 0 Å². The molecule has 1 aliphatic rings. The highest BCUT2D eigenvalue weighted by molar-refractivity contribution is 5.96. The average Bonchev–Trinajstić information content (AvgIpc) is 3.21. The van der Waals surface area contributed by atoms with Crippen LogP contribution in [0.15, 0.2) is 41.1 Å². The fourth-order valence-electron chi connectivity index (χ4n) is 3.60. The number of carbonyl (C=O) groups excluding carboxylic acids is 1. The van der Waals surface area contributed by atoms with E-state index < -0.39 is 5.60 Å². The molecule has 26 heavy (non-hydrogen) atoms. The maximum atomic E-state index is 12.8. The first kappa shape index (κ1) is 16.8. The van der Waals surface area contributed by atoms with E-state index in [-0.39, 0.29) is 5.91 Å². The normalized spacial score (nSPS) is 17.0. The lowest BCUT2D eigenvalue weighted by Gasteiger charge is -2.38. The van der Waals surface area contributed by atoms with Crippen molar-refractivity contribution < 1.29 is 14.3 Å². The predicted molar refractivity (Wildman–Crippen MR) is 98.0 cm³/mol. The highest BCUT2D eigenvalue weighted by Gasteiger charge is 2.35. The lowest BCUT2D eigenvalue weighted by Crippen LogP contribution is -2.48. The van der Waals surface area contributed by atoms with Crippen molar-refractivity contribution in [1.82, 2.24) is 14.5 Å². The first-order valence-corrected chi connectivity index (χ1v) is 8.93. The smallest absolute Gasteiger partial charge is 0.289 e. The number of rotatable bonds is 3. The van der Waals surface area contributed by atoms with Crippen LogP contribution >= 0.6 is 0 Å². The molecule has 0 radical (unpaired) electrons. The van der Waals surface area contributed by atoms with E-state index in [4.69, 9.17) is 4.42 Å². The summed E-state index contributed by atoms with van der Waals surface area (Å²) < 4.78 is 7.68. The molecule has 6 heteroatoms. The van der Waals surface area contributed by atoms with Gasteiger partial charge in [-0.15, -0.1) is 0 Å². The maximum absolute atomic E-state index is 12.8. The fraction of sp³-hybridized carbons (Fsp3) is 0.400. The SMILES string of the molecule is Cc1ccc2oc(C(=O)N3CCC(O)(Cn4ccnc4C)CC3)cc2c1. The van der Waals surface area contributed by atoms with Crippen LogP contribution in [0.5, 0.6) is 0 Å². The largest absolute Gasteiger partial charge is 0.451 e. The van der Waals surface area contributed by atoms with Crippen LogP contribution in [0, 0.1) is 13.8 Å². The highest BCUT2D eigenvalue weighted by atomic mass is 16.3. The Balaban J connectivity index is 1.45. The molecule has 136 valence electrons. The molecule has 1 amide bonds. The number of furan rings is 1. The molecule has 0 unspecified atom stereocenters. The zero-order chi connectivity index (χ0) is 18.3. The van der Waals surface area contributed by atoms with E-state index in [9.17, 15) is 9.90 Å². The van der Waals surface area contributed by atoms with Crippen molar-refractivity contribution in [3.63, 3.8) is 0 Å². The van der Waals surface area contributed by atoms with Crippen molar-refractivity contribution in [3.8, 4) is 0 Å². The van der Waals surface area contributed by atoms with Gasteiger partial charge in [-0.05, 0) is 44.9 Å². The third kappa shape index (κ3) is 3.12. The summed E-state index contributed by atoms with van der Waals surface area (Å²) in [5.41, 5.74) is 1.05. The number of aryl methyl sites for hydroxylation is 2. The topological polar surface area (TPSA) is 71.5 Å². The molecule has 0 saturated carbocycles. The minimum absolute atomic E-state index is 0.111. The molecule has 1 aromatic carbocycles. The number of amides is 1. The van der Waals surface area contributed by atoms with Crippen LogP contribution in [-0.2, 0) is 6.54 Å². The molecule has 1 saturated heterocycles. The number of nitrogens with zero attached hydrogens (tertiary/aromatic N) is 3. The second kappa shape index (κ2) is 6.29.